The first-order chi connectivity index (χ1) is 7.25. The number of nitrogens with one attached hydrogen (secondary N) is 1. The van der Waals surface area contributed by atoms with Crippen LogP contribution in [0, 0.1) is 5.82 Å². The number of aromatic nitrogens is 1. The Labute approximate surface area is 86.8 Å². The Morgan fingerprint density at radius 2 is 1.87 bits per heavy atom. The zero-order valence-corrected chi connectivity index (χ0v) is 7.94. The molecule has 0 radical (unpaired) electrons. The molecule has 0 atom stereocenters. The summed E-state index contributed by atoms with van der Waals surface area (Å²) in [4.78, 5) is 4.07. The van der Waals surface area contributed by atoms with Gasteiger partial charge in [0.15, 0.2) is 5.82 Å². The molecule has 3 N–H and O–H groups in total. The van der Waals surface area contributed by atoms with Crippen LogP contribution in [0.2, 0.25) is 0 Å². The number of nitrogen functional groups attached to an aromatic ring is 1. The monoisotopic (exact) mass is 203 g/mol. The molecule has 0 aliphatic carbocycles. The van der Waals surface area contributed by atoms with Gasteiger partial charge in [0.25, 0.3) is 0 Å². The minimum atomic E-state index is -0.269. The SMILES string of the molecule is Nc1cccnc1Nc1ccc(F)cc1. The third kappa shape index (κ3) is 2.22. The van der Waals surface area contributed by atoms with Crippen molar-refractivity contribution in [2.45, 2.75) is 0 Å². The van der Waals surface area contributed by atoms with Gasteiger partial charge in [0.1, 0.15) is 5.82 Å². The Bertz CT molecular complexity index is 454. The standard InChI is InChI=1S/C11H10FN3/c12-8-3-5-9(6-4-8)15-11-10(13)2-1-7-14-11/h1-7H,13H2,(H,14,15). The predicted octanol–water partition coefficient (Wildman–Crippen LogP) is 2.55. The van der Waals surface area contributed by atoms with E-state index in [1.54, 1.807) is 30.5 Å². The number of hydrogen-bond acceptors (Lipinski definition) is 3. The smallest absolute Gasteiger partial charge is 0.153 e. The highest BCUT2D eigenvalue weighted by molar-refractivity contribution is 5.67. The molecule has 2 aromatic rings. The Morgan fingerprint density at radius 3 is 2.53 bits per heavy atom. The van der Waals surface area contributed by atoms with E-state index in [4.69, 9.17) is 5.73 Å². The van der Waals surface area contributed by atoms with E-state index < -0.39 is 0 Å². The molecule has 15 heavy (non-hydrogen) atoms. The van der Waals surface area contributed by atoms with Crippen LogP contribution in [0.5, 0.6) is 0 Å². The molecule has 0 spiro atoms. The van der Waals surface area contributed by atoms with Crippen LogP contribution in [0.25, 0.3) is 0 Å². The number of halogens is 1. The second-order valence-corrected chi connectivity index (χ2v) is 3.07. The maximum atomic E-state index is 12.6. The fraction of sp³-hybridized carbons (Fsp3) is 0. The summed E-state index contributed by atoms with van der Waals surface area (Å²) in [6.45, 7) is 0. The first-order valence-corrected chi connectivity index (χ1v) is 4.49. The molecule has 0 fully saturated rings. The molecule has 4 heteroatoms. The molecule has 3 nitrogen and oxygen atoms in total. The van der Waals surface area contributed by atoms with Crippen LogP contribution in [0.4, 0.5) is 21.6 Å². The van der Waals surface area contributed by atoms with Crippen molar-refractivity contribution < 1.29 is 4.39 Å². The van der Waals surface area contributed by atoms with Crippen LogP contribution in [0.1, 0.15) is 0 Å². The minimum Gasteiger partial charge on any atom is -0.396 e. The van der Waals surface area contributed by atoms with Gasteiger partial charge >= 0.3 is 0 Å². The zero-order valence-electron chi connectivity index (χ0n) is 7.94. The van der Waals surface area contributed by atoms with Crippen molar-refractivity contribution in [2.75, 3.05) is 11.1 Å². The maximum Gasteiger partial charge on any atom is 0.153 e. The van der Waals surface area contributed by atoms with Gasteiger partial charge < -0.3 is 11.1 Å². The summed E-state index contributed by atoms with van der Waals surface area (Å²) in [5.41, 5.74) is 7.01. The van der Waals surface area contributed by atoms with Gasteiger partial charge in [0.2, 0.25) is 0 Å². The van der Waals surface area contributed by atoms with Crippen molar-refractivity contribution >= 4 is 17.2 Å². The Morgan fingerprint density at radius 1 is 1.13 bits per heavy atom. The molecule has 0 saturated carbocycles. The molecule has 0 amide bonds. The van der Waals surface area contributed by atoms with Gasteiger partial charge in [-0.05, 0) is 36.4 Å². The topological polar surface area (TPSA) is 50.9 Å². The number of pyridine rings is 1. The van der Waals surface area contributed by atoms with Crippen molar-refractivity contribution in [3.8, 4) is 0 Å². The van der Waals surface area contributed by atoms with Gasteiger partial charge in [-0.1, -0.05) is 0 Å². The lowest BCUT2D eigenvalue weighted by Gasteiger charge is -2.07. The summed E-state index contributed by atoms with van der Waals surface area (Å²) in [6, 6.07) is 9.51. The van der Waals surface area contributed by atoms with Crippen molar-refractivity contribution in [3.63, 3.8) is 0 Å². The van der Waals surface area contributed by atoms with Crippen LogP contribution in [-0.4, -0.2) is 4.98 Å². The van der Waals surface area contributed by atoms with Gasteiger partial charge in [-0.15, -0.1) is 0 Å². The van der Waals surface area contributed by atoms with Gasteiger partial charge in [-0.25, -0.2) is 9.37 Å². The van der Waals surface area contributed by atoms with Crippen molar-refractivity contribution in [3.05, 3.63) is 48.4 Å². The average Bonchev–Trinajstić information content (AvgIpc) is 2.25. The van der Waals surface area contributed by atoms with E-state index in [9.17, 15) is 4.39 Å². The number of nitrogens with zero attached hydrogens (tertiary/aromatic N) is 1. The number of nitrogens with two attached hydrogens (primary N) is 1. The van der Waals surface area contributed by atoms with Crippen molar-refractivity contribution in [1.29, 1.82) is 0 Å². The lowest BCUT2D eigenvalue weighted by Crippen LogP contribution is -1.98. The Kier molecular flexibility index (Phi) is 2.49. The van der Waals surface area contributed by atoms with E-state index in [-0.39, 0.29) is 5.82 Å². The highest BCUT2D eigenvalue weighted by Crippen LogP contribution is 2.19. The summed E-state index contributed by atoms with van der Waals surface area (Å²) >= 11 is 0. The normalized spacial score (nSPS) is 9.93. The summed E-state index contributed by atoms with van der Waals surface area (Å²) in [5, 5.41) is 3.00. The fourth-order valence-corrected chi connectivity index (χ4v) is 1.19. The lowest BCUT2D eigenvalue weighted by molar-refractivity contribution is 0.628. The molecule has 2 rings (SSSR count). The van der Waals surface area contributed by atoms with E-state index in [0.717, 1.165) is 5.69 Å². The first kappa shape index (κ1) is 9.45. The zero-order chi connectivity index (χ0) is 10.7. The number of anilines is 3. The van der Waals surface area contributed by atoms with E-state index in [1.165, 1.54) is 12.1 Å². The summed E-state index contributed by atoms with van der Waals surface area (Å²) in [7, 11) is 0. The fourth-order valence-electron chi connectivity index (χ4n) is 1.19. The molecule has 1 aromatic carbocycles. The molecule has 76 valence electrons. The van der Waals surface area contributed by atoms with Crippen LogP contribution in [0.15, 0.2) is 42.6 Å². The molecule has 0 aliphatic heterocycles. The molecule has 0 aliphatic rings. The third-order valence-electron chi connectivity index (χ3n) is 1.95. The van der Waals surface area contributed by atoms with E-state index in [1.807, 2.05) is 0 Å². The Hall–Kier alpha value is -2.10. The first-order valence-electron chi connectivity index (χ1n) is 4.49. The molecule has 1 heterocycles. The third-order valence-corrected chi connectivity index (χ3v) is 1.95. The lowest BCUT2D eigenvalue weighted by atomic mass is 10.3. The van der Waals surface area contributed by atoms with E-state index in [0.29, 0.717) is 11.5 Å². The van der Waals surface area contributed by atoms with Crippen LogP contribution < -0.4 is 11.1 Å². The van der Waals surface area contributed by atoms with Crippen molar-refractivity contribution in [1.82, 2.24) is 4.98 Å². The second kappa shape index (κ2) is 3.96. The Balaban J connectivity index is 2.22. The van der Waals surface area contributed by atoms with E-state index in [2.05, 4.69) is 10.3 Å². The second-order valence-electron chi connectivity index (χ2n) is 3.07. The van der Waals surface area contributed by atoms with Crippen LogP contribution in [-0.2, 0) is 0 Å². The van der Waals surface area contributed by atoms with Gasteiger partial charge in [-0.3, -0.25) is 0 Å². The molecule has 0 saturated heterocycles. The summed E-state index contributed by atoms with van der Waals surface area (Å²) in [6.07, 6.45) is 1.64. The highest BCUT2D eigenvalue weighted by Gasteiger charge is 1.99. The largest absolute Gasteiger partial charge is 0.396 e. The van der Waals surface area contributed by atoms with E-state index >= 15 is 0 Å². The highest BCUT2D eigenvalue weighted by atomic mass is 19.1. The van der Waals surface area contributed by atoms with Crippen LogP contribution >= 0.6 is 0 Å². The molecule has 0 bridgehead atoms. The predicted molar refractivity (Wildman–Crippen MR) is 58.3 cm³/mol. The molecule has 0 unspecified atom stereocenters. The minimum absolute atomic E-state index is 0.269. The summed E-state index contributed by atoms with van der Waals surface area (Å²) < 4.78 is 12.6. The number of hydrogen-bond donors (Lipinski definition) is 2. The van der Waals surface area contributed by atoms with Gasteiger partial charge in [0.05, 0.1) is 5.69 Å². The quantitative estimate of drug-likeness (QED) is 0.788. The van der Waals surface area contributed by atoms with Gasteiger partial charge in [0, 0.05) is 11.9 Å². The van der Waals surface area contributed by atoms with Crippen LogP contribution in [0.3, 0.4) is 0 Å². The maximum absolute atomic E-state index is 12.6. The molecule has 1 aromatic heterocycles. The summed E-state index contributed by atoms with van der Waals surface area (Å²) in [5.74, 6) is 0.304. The molecular formula is C11H10FN3. The average molecular weight is 203 g/mol. The number of benzene rings is 1. The molecular weight excluding hydrogens is 193 g/mol. The van der Waals surface area contributed by atoms with Gasteiger partial charge in [-0.2, -0.15) is 0 Å². The number of rotatable bonds is 2. The van der Waals surface area contributed by atoms with Crippen molar-refractivity contribution in [2.24, 2.45) is 0 Å².